The monoisotopic (exact) mass is 518 g/mol. The van der Waals surface area contributed by atoms with Crippen molar-refractivity contribution in [1.82, 2.24) is 16.0 Å². The maximum atomic E-state index is 12.0. The van der Waals surface area contributed by atoms with Gasteiger partial charge in [0.15, 0.2) is 5.96 Å². The first-order valence-electron chi connectivity index (χ1n) is 10.3. The predicted octanol–water partition coefficient (Wildman–Crippen LogP) is 2.42. The van der Waals surface area contributed by atoms with Crippen LogP contribution in [0.15, 0.2) is 35.3 Å². The van der Waals surface area contributed by atoms with Crippen LogP contribution in [-0.2, 0) is 9.47 Å². The van der Waals surface area contributed by atoms with Gasteiger partial charge < -0.3 is 25.4 Å². The highest BCUT2D eigenvalue weighted by atomic mass is 127. The van der Waals surface area contributed by atoms with Crippen LogP contribution in [-0.4, -0.2) is 64.5 Å². The number of hydrogen-bond donors (Lipinski definition) is 3. The molecule has 3 N–H and O–H groups in total. The van der Waals surface area contributed by atoms with E-state index in [2.05, 4.69) is 20.9 Å². The standard InChI is InChI=1S/C21H34N4O3.HI/c1-2-22-21(24-11-6-14-28-17-18-9-15-27-16-10-18)25-13-12-23-20(26)19-7-4-3-5-8-19;/h3-5,7-8,18H,2,6,9-17H2,1H3,(H,23,26)(H2,22,24,25);1H. The SMILES string of the molecule is CCNC(=NCCCOCC1CCOCC1)NCCNC(=O)c1ccccc1.I. The van der Waals surface area contributed by atoms with Crippen LogP contribution < -0.4 is 16.0 Å². The van der Waals surface area contributed by atoms with Gasteiger partial charge in [-0.2, -0.15) is 0 Å². The van der Waals surface area contributed by atoms with E-state index in [4.69, 9.17) is 9.47 Å². The zero-order valence-corrected chi connectivity index (χ0v) is 19.7. The Morgan fingerprint density at radius 2 is 1.86 bits per heavy atom. The summed E-state index contributed by atoms with van der Waals surface area (Å²) in [5.74, 6) is 1.34. The van der Waals surface area contributed by atoms with Gasteiger partial charge in [-0.15, -0.1) is 24.0 Å². The minimum absolute atomic E-state index is 0. The Morgan fingerprint density at radius 1 is 1.14 bits per heavy atom. The molecule has 0 spiro atoms. The summed E-state index contributed by atoms with van der Waals surface area (Å²) in [5.41, 5.74) is 0.670. The van der Waals surface area contributed by atoms with Gasteiger partial charge in [0, 0.05) is 58.2 Å². The molecule has 2 rings (SSSR count). The summed E-state index contributed by atoms with van der Waals surface area (Å²) in [6.45, 7) is 7.97. The van der Waals surface area contributed by atoms with Gasteiger partial charge in [0.2, 0.25) is 0 Å². The Kier molecular flexibility index (Phi) is 14.5. The molecular weight excluding hydrogens is 483 g/mol. The van der Waals surface area contributed by atoms with Crippen LogP contribution in [0.4, 0.5) is 0 Å². The fourth-order valence-corrected chi connectivity index (χ4v) is 2.91. The average molecular weight is 518 g/mol. The number of aliphatic imine (C=N–C) groups is 1. The molecule has 1 heterocycles. The number of amides is 1. The van der Waals surface area contributed by atoms with Gasteiger partial charge in [-0.3, -0.25) is 9.79 Å². The van der Waals surface area contributed by atoms with Crippen molar-refractivity contribution in [3.63, 3.8) is 0 Å². The first-order valence-corrected chi connectivity index (χ1v) is 10.3. The van der Waals surface area contributed by atoms with E-state index in [-0.39, 0.29) is 29.9 Å². The summed E-state index contributed by atoms with van der Waals surface area (Å²) >= 11 is 0. The predicted molar refractivity (Wildman–Crippen MR) is 127 cm³/mol. The van der Waals surface area contributed by atoms with Gasteiger partial charge >= 0.3 is 0 Å². The minimum Gasteiger partial charge on any atom is -0.381 e. The van der Waals surface area contributed by atoms with E-state index in [1.54, 1.807) is 12.1 Å². The van der Waals surface area contributed by atoms with E-state index in [9.17, 15) is 4.79 Å². The summed E-state index contributed by atoms with van der Waals surface area (Å²) < 4.78 is 11.1. The van der Waals surface area contributed by atoms with E-state index in [1.165, 1.54) is 0 Å². The molecule has 1 aromatic rings. The zero-order chi connectivity index (χ0) is 19.9. The van der Waals surface area contributed by atoms with Crippen molar-refractivity contribution in [2.75, 3.05) is 52.6 Å². The van der Waals surface area contributed by atoms with E-state index in [0.29, 0.717) is 31.1 Å². The highest BCUT2D eigenvalue weighted by Crippen LogP contribution is 2.14. The number of hydrogen-bond acceptors (Lipinski definition) is 4. The Balaban J connectivity index is 0.00000420. The van der Waals surface area contributed by atoms with Crippen LogP contribution in [0.1, 0.15) is 36.5 Å². The van der Waals surface area contributed by atoms with Crippen molar-refractivity contribution >= 4 is 35.8 Å². The van der Waals surface area contributed by atoms with Crippen molar-refractivity contribution in [3.8, 4) is 0 Å². The Labute approximate surface area is 191 Å². The number of halogens is 1. The highest BCUT2D eigenvalue weighted by Gasteiger charge is 2.13. The van der Waals surface area contributed by atoms with Crippen LogP contribution >= 0.6 is 24.0 Å². The number of nitrogens with one attached hydrogen (secondary N) is 3. The molecule has 0 radical (unpaired) electrons. The van der Waals surface area contributed by atoms with Crippen molar-refractivity contribution < 1.29 is 14.3 Å². The first-order chi connectivity index (χ1) is 13.8. The smallest absolute Gasteiger partial charge is 0.251 e. The number of carbonyl (C=O) groups is 1. The Hall–Kier alpha value is -1.39. The fourth-order valence-electron chi connectivity index (χ4n) is 2.91. The summed E-state index contributed by atoms with van der Waals surface area (Å²) in [7, 11) is 0. The summed E-state index contributed by atoms with van der Waals surface area (Å²) in [5, 5.41) is 9.35. The van der Waals surface area contributed by atoms with E-state index < -0.39 is 0 Å². The molecule has 0 bridgehead atoms. The quantitative estimate of drug-likeness (QED) is 0.182. The van der Waals surface area contributed by atoms with Crippen molar-refractivity contribution in [2.24, 2.45) is 10.9 Å². The molecule has 1 aromatic carbocycles. The molecule has 0 atom stereocenters. The molecule has 7 nitrogen and oxygen atoms in total. The van der Waals surface area contributed by atoms with Crippen LogP contribution in [0, 0.1) is 5.92 Å². The van der Waals surface area contributed by atoms with Gasteiger partial charge in [0.1, 0.15) is 0 Å². The number of guanidine groups is 1. The topological polar surface area (TPSA) is 84.0 Å². The third-order valence-corrected chi connectivity index (χ3v) is 4.49. The largest absolute Gasteiger partial charge is 0.381 e. The molecule has 0 unspecified atom stereocenters. The van der Waals surface area contributed by atoms with E-state index in [0.717, 1.165) is 58.2 Å². The Morgan fingerprint density at radius 3 is 2.59 bits per heavy atom. The van der Waals surface area contributed by atoms with Crippen LogP contribution in [0.2, 0.25) is 0 Å². The molecule has 0 aliphatic carbocycles. The number of ether oxygens (including phenoxy) is 2. The molecular formula is C21H35IN4O3. The first kappa shape index (κ1) is 25.6. The number of carbonyl (C=O) groups excluding carboxylic acids is 1. The molecule has 1 amide bonds. The number of nitrogens with zero attached hydrogens (tertiary/aromatic N) is 1. The molecule has 1 aliphatic rings. The third kappa shape index (κ3) is 11.4. The van der Waals surface area contributed by atoms with Crippen molar-refractivity contribution in [2.45, 2.75) is 26.2 Å². The molecule has 0 saturated carbocycles. The second kappa shape index (κ2) is 16.4. The summed E-state index contributed by atoms with van der Waals surface area (Å²) in [6.07, 6.45) is 3.10. The maximum absolute atomic E-state index is 12.0. The van der Waals surface area contributed by atoms with Crippen LogP contribution in [0.3, 0.4) is 0 Å². The Bertz CT molecular complexity index is 581. The van der Waals surface area contributed by atoms with Gasteiger partial charge in [-0.25, -0.2) is 0 Å². The highest BCUT2D eigenvalue weighted by molar-refractivity contribution is 14.0. The lowest BCUT2D eigenvalue weighted by Crippen LogP contribution is -2.41. The van der Waals surface area contributed by atoms with Gasteiger partial charge in [0.05, 0.1) is 0 Å². The summed E-state index contributed by atoms with van der Waals surface area (Å²) in [4.78, 5) is 16.6. The lowest BCUT2D eigenvalue weighted by Gasteiger charge is -2.21. The lowest BCUT2D eigenvalue weighted by atomic mass is 10.0. The van der Waals surface area contributed by atoms with E-state index >= 15 is 0 Å². The van der Waals surface area contributed by atoms with Gasteiger partial charge in [-0.1, -0.05) is 18.2 Å². The number of rotatable bonds is 11. The molecule has 29 heavy (non-hydrogen) atoms. The maximum Gasteiger partial charge on any atom is 0.251 e. The fraction of sp³-hybridized carbons (Fsp3) is 0.619. The average Bonchev–Trinajstić information content (AvgIpc) is 2.74. The second-order valence-corrected chi connectivity index (χ2v) is 6.79. The lowest BCUT2D eigenvalue weighted by molar-refractivity contribution is 0.0205. The van der Waals surface area contributed by atoms with Gasteiger partial charge in [0.25, 0.3) is 5.91 Å². The van der Waals surface area contributed by atoms with Crippen molar-refractivity contribution in [1.29, 1.82) is 0 Å². The minimum atomic E-state index is -0.0639. The molecule has 1 aliphatic heterocycles. The normalized spacial score (nSPS) is 14.7. The molecule has 8 heteroatoms. The van der Waals surface area contributed by atoms with Crippen LogP contribution in [0.25, 0.3) is 0 Å². The second-order valence-electron chi connectivity index (χ2n) is 6.79. The summed E-state index contributed by atoms with van der Waals surface area (Å²) in [6, 6.07) is 9.22. The third-order valence-electron chi connectivity index (χ3n) is 4.49. The molecule has 1 saturated heterocycles. The number of benzene rings is 1. The van der Waals surface area contributed by atoms with Gasteiger partial charge in [-0.05, 0) is 44.2 Å². The zero-order valence-electron chi connectivity index (χ0n) is 17.3. The molecule has 1 fully saturated rings. The molecule has 164 valence electrons. The van der Waals surface area contributed by atoms with Crippen LogP contribution in [0.5, 0.6) is 0 Å². The molecule has 0 aromatic heterocycles. The van der Waals surface area contributed by atoms with Crippen molar-refractivity contribution in [3.05, 3.63) is 35.9 Å². The van der Waals surface area contributed by atoms with E-state index in [1.807, 2.05) is 25.1 Å².